The number of Topliss-reactive ketones (excluding diaryl/α,β-unsaturated/α-hetero) is 1. The molecule has 1 atom stereocenters. The van der Waals surface area contributed by atoms with Gasteiger partial charge in [-0.05, 0) is 43.7 Å². The standard InChI is InChI=1S/C14H22O2.C13H8NS.Ir/c1-13(2)7-5-9-6-8-14(3,4)12(16)10(9)11(13)15;1-2-6-10(7-3-1)13-14-11-8-4-5-9-12(11)15-13;/h9,15H,5-8H2,1-4H3;1-6,8-9H;/q;-1;. The van der Waals surface area contributed by atoms with Gasteiger partial charge in [0.15, 0.2) is 5.78 Å². The monoisotopic (exact) mass is 625 g/mol. The summed E-state index contributed by atoms with van der Waals surface area (Å²) in [6, 6.07) is 19.3. The summed E-state index contributed by atoms with van der Waals surface area (Å²) in [6.07, 6.45) is 4.04. The molecule has 1 saturated carbocycles. The molecule has 0 bridgehead atoms. The molecule has 1 radical (unpaired) electrons. The first kappa shape index (κ1) is 24.8. The molecule has 32 heavy (non-hydrogen) atoms. The smallest absolute Gasteiger partial charge is 0.168 e. The largest absolute Gasteiger partial charge is 0.511 e. The zero-order valence-electron chi connectivity index (χ0n) is 19.1. The van der Waals surface area contributed by atoms with Gasteiger partial charge in [-0.25, -0.2) is 0 Å². The molecule has 3 aromatic rings. The van der Waals surface area contributed by atoms with E-state index in [4.69, 9.17) is 0 Å². The van der Waals surface area contributed by atoms with Crippen molar-refractivity contribution >= 4 is 27.3 Å². The summed E-state index contributed by atoms with van der Waals surface area (Å²) < 4.78 is 1.23. The fourth-order valence-corrected chi connectivity index (χ4v) is 5.42. The Morgan fingerprint density at radius 1 is 1.00 bits per heavy atom. The maximum Gasteiger partial charge on any atom is 0.168 e. The van der Waals surface area contributed by atoms with Crippen molar-refractivity contribution in [3.8, 4) is 10.6 Å². The number of para-hydroxylation sites is 1. The molecule has 0 amide bonds. The van der Waals surface area contributed by atoms with E-state index in [1.165, 1.54) is 4.70 Å². The number of benzene rings is 2. The Labute approximate surface area is 208 Å². The second kappa shape index (κ2) is 9.59. The van der Waals surface area contributed by atoms with E-state index in [9.17, 15) is 9.90 Å². The molecule has 2 aliphatic rings. The molecule has 2 aromatic carbocycles. The van der Waals surface area contributed by atoms with Gasteiger partial charge < -0.3 is 5.11 Å². The number of nitrogens with zero attached hydrogens (tertiary/aromatic N) is 1. The van der Waals surface area contributed by atoms with E-state index in [-0.39, 0.29) is 36.7 Å². The van der Waals surface area contributed by atoms with Crippen molar-refractivity contribution in [3.63, 3.8) is 0 Å². The van der Waals surface area contributed by atoms with Gasteiger partial charge in [0, 0.05) is 46.2 Å². The Morgan fingerprint density at radius 2 is 1.66 bits per heavy atom. The second-order valence-electron chi connectivity index (χ2n) is 9.90. The Hall–Kier alpha value is -1.81. The second-order valence-corrected chi connectivity index (χ2v) is 10.9. The third kappa shape index (κ3) is 4.90. The average Bonchev–Trinajstić information content (AvgIpc) is 3.19. The van der Waals surface area contributed by atoms with E-state index < -0.39 is 0 Å². The van der Waals surface area contributed by atoms with Crippen LogP contribution in [0.4, 0.5) is 0 Å². The van der Waals surface area contributed by atoms with Crippen LogP contribution in [0.3, 0.4) is 0 Å². The van der Waals surface area contributed by atoms with Gasteiger partial charge in [0.2, 0.25) is 0 Å². The van der Waals surface area contributed by atoms with E-state index in [1.54, 1.807) is 11.3 Å². The Balaban J connectivity index is 0.000000175. The Bertz CT molecular complexity index is 1100. The van der Waals surface area contributed by atoms with Crippen LogP contribution in [0.25, 0.3) is 20.8 Å². The molecule has 3 nitrogen and oxygen atoms in total. The molecule has 0 spiro atoms. The maximum atomic E-state index is 12.4. The predicted molar refractivity (Wildman–Crippen MR) is 128 cm³/mol. The number of aliphatic hydroxyl groups is 1. The fourth-order valence-electron chi connectivity index (χ4n) is 4.46. The first-order chi connectivity index (χ1) is 14.7. The minimum absolute atomic E-state index is 0. The van der Waals surface area contributed by atoms with Gasteiger partial charge in [-0.1, -0.05) is 39.8 Å². The van der Waals surface area contributed by atoms with Crippen LogP contribution in [0.2, 0.25) is 0 Å². The molecule has 2 aliphatic carbocycles. The number of fused-ring (bicyclic) bond motifs is 2. The van der Waals surface area contributed by atoms with Crippen LogP contribution in [0.5, 0.6) is 0 Å². The quantitative estimate of drug-likeness (QED) is 0.288. The molecule has 1 N–H and O–H groups in total. The first-order valence-corrected chi connectivity index (χ1v) is 11.8. The molecule has 5 rings (SSSR count). The zero-order valence-corrected chi connectivity index (χ0v) is 22.3. The number of aromatic nitrogens is 1. The van der Waals surface area contributed by atoms with Gasteiger partial charge in [0.25, 0.3) is 0 Å². The number of rotatable bonds is 1. The molecule has 171 valence electrons. The molecule has 5 heteroatoms. The van der Waals surface area contributed by atoms with Crippen LogP contribution < -0.4 is 0 Å². The summed E-state index contributed by atoms with van der Waals surface area (Å²) in [6.45, 7) is 8.04. The minimum atomic E-state index is -0.284. The number of allylic oxidation sites excluding steroid dienone is 2. The van der Waals surface area contributed by atoms with E-state index in [0.29, 0.717) is 11.7 Å². The number of ketones is 1. The normalized spacial score (nSPS) is 21.2. The average molecular weight is 625 g/mol. The number of carbonyl (C=O) groups is 1. The zero-order chi connectivity index (χ0) is 22.2. The first-order valence-electron chi connectivity index (χ1n) is 11.0. The minimum Gasteiger partial charge on any atom is -0.511 e. The third-order valence-electron chi connectivity index (χ3n) is 6.63. The van der Waals surface area contributed by atoms with Gasteiger partial charge >= 0.3 is 0 Å². The molecule has 1 fully saturated rings. The topological polar surface area (TPSA) is 50.2 Å². The van der Waals surface area contributed by atoms with Gasteiger partial charge in [-0.3, -0.25) is 9.78 Å². The van der Waals surface area contributed by atoms with Crippen molar-refractivity contribution in [2.45, 2.75) is 53.4 Å². The third-order valence-corrected chi connectivity index (χ3v) is 7.70. The summed E-state index contributed by atoms with van der Waals surface area (Å²) >= 11 is 1.71. The van der Waals surface area contributed by atoms with Crippen LogP contribution in [-0.2, 0) is 24.9 Å². The predicted octanol–water partition coefficient (Wildman–Crippen LogP) is 7.38. The van der Waals surface area contributed by atoms with Crippen LogP contribution in [0, 0.1) is 22.8 Å². The SMILES string of the molecule is CC1(C)CCC2CCC(C)(C)C(O)=C2C1=O.[Ir].[c-]1ccccc1-c1nc2ccccc2s1. The summed E-state index contributed by atoms with van der Waals surface area (Å²) in [5.74, 6) is 0.851. The molecule has 0 saturated heterocycles. The van der Waals surface area contributed by atoms with E-state index in [1.807, 2.05) is 70.2 Å². The number of aliphatic hydroxyl groups excluding tert-OH is 1. The van der Waals surface area contributed by atoms with Gasteiger partial charge in [-0.2, -0.15) is 11.3 Å². The van der Waals surface area contributed by atoms with Gasteiger partial charge in [0.05, 0.1) is 5.52 Å². The van der Waals surface area contributed by atoms with E-state index in [0.717, 1.165) is 47.3 Å². The van der Waals surface area contributed by atoms with E-state index >= 15 is 0 Å². The number of hydrogen-bond acceptors (Lipinski definition) is 4. The van der Waals surface area contributed by atoms with Gasteiger partial charge in [-0.15, -0.1) is 35.9 Å². The molecule has 1 aromatic heterocycles. The fraction of sp³-hybridized carbons (Fsp3) is 0.407. The molecule has 0 aliphatic heterocycles. The number of carbonyl (C=O) groups excluding carboxylic acids is 1. The van der Waals surface area contributed by atoms with Crippen LogP contribution in [-0.4, -0.2) is 15.9 Å². The van der Waals surface area contributed by atoms with Crippen LogP contribution in [0.1, 0.15) is 53.4 Å². The summed E-state index contributed by atoms with van der Waals surface area (Å²) in [4.78, 5) is 16.9. The Morgan fingerprint density at radius 3 is 2.31 bits per heavy atom. The van der Waals surface area contributed by atoms with Crippen molar-refractivity contribution in [1.29, 1.82) is 0 Å². The summed E-state index contributed by atoms with van der Waals surface area (Å²) in [5, 5.41) is 11.3. The van der Waals surface area contributed by atoms with Crippen LogP contribution >= 0.6 is 11.3 Å². The maximum absolute atomic E-state index is 12.4. The van der Waals surface area contributed by atoms with Crippen molar-refractivity contribution in [2.75, 3.05) is 0 Å². The van der Waals surface area contributed by atoms with Crippen molar-refractivity contribution in [2.24, 2.45) is 16.7 Å². The van der Waals surface area contributed by atoms with Crippen molar-refractivity contribution in [3.05, 3.63) is 65.9 Å². The van der Waals surface area contributed by atoms with Crippen LogP contribution in [0.15, 0.2) is 59.9 Å². The molecular formula is C27H30IrNO2S-. The summed E-state index contributed by atoms with van der Waals surface area (Å²) in [5.41, 5.74) is 2.38. The van der Waals surface area contributed by atoms with Crippen molar-refractivity contribution < 1.29 is 30.0 Å². The summed E-state index contributed by atoms with van der Waals surface area (Å²) in [7, 11) is 0. The van der Waals surface area contributed by atoms with E-state index in [2.05, 4.69) is 17.1 Å². The molecular weight excluding hydrogens is 595 g/mol. The van der Waals surface area contributed by atoms with Gasteiger partial charge in [0.1, 0.15) is 5.76 Å². The molecule has 1 unspecified atom stereocenters. The number of hydrogen-bond donors (Lipinski definition) is 1. The van der Waals surface area contributed by atoms with Crippen molar-refractivity contribution in [1.82, 2.24) is 4.98 Å². The molecule has 1 heterocycles. The number of thiazole rings is 1. The Kier molecular flexibility index (Phi) is 7.44.